The first-order chi connectivity index (χ1) is 15.2. The molecule has 1 amide bonds. The fourth-order valence-corrected chi connectivity index (χ4v) is 3.71. The molecule has 0 bridgehead atoms. The fourth-order valence-electron chi connectivity index (χ4n) is 2.94. The third-order valence-corrected chi connectivity index (χ3v) is 5.39. The van der Waals surface area contributed by atoms with Crippen molar-refractivity contribution >= 4 is 29.0 Å². The molecule has 32 heavy (non-hydrogen) atoms. The Balaban J connectivity index is 1.54. The van der Waals surface area contributed by atoms with Crippen molar-refractivity contribution in [3.8, 4) is 0 Å². The highest BCUT2D eigenvalue weighted by Gasteiger charge is 2.33. The van der Waals surface area contributed by atoms with Crippen molar-refractivity contribution in [3.63, 3.8) is 0 Å². The van der Waals surface area contributed by atoms with E-state index in [-0.39, 0.29) is 5.65 Å². The Labute approximate surface area is 183 Å². The number of rotatable bonds is 5. The summed E-state index contributed by atoms with van der Waals surface area (Å²) < 4.78 is 41.2. The van der Waals surface area contributed by atoms with Gasteiger partial charge in [0.25, 0.3) is 0 Å². The molecule has 0 saturated carbocycles. The zero-order chi connectivity index (χ0) is 22.9. The maximum atomic E-state index is 13.1. The number of benzene rings is 2. The van der Waals surface area contributed by atoms with Gasteiger partial charge < -0.3 is 5.32 Å². The number of nitrogens with one attached hydrogen (secondary N) is 1. The molecule has 4 aromatic rings. The van der Waals surface area contributed by atoms with Crippen LogP contribution in [0.2, 0.25) is 0 Å². The molecule has 2 aromatic heterocycles. The average molecular weight is 459 g/mol. The Morgan fingerprint density at radius 2 is 1.75 bits per heavy atom. The molecule has 2 aromatic carbocycles. The fraction of sp³-hybridized carbons (Fsp3) is 0.143. The lowest BCUT2D eigenvalue weighted by atomic mass is 10.1. The number of anilines is 1. The number of amides is 1. The van der Waals surface area contributed by atoms with Crippen LogP contribution in [0.15, 0.2) is 75.4 Å². The summed E-state index contributed by atoms with van der Waals surface area (Å²) in [6.45, 7) is 1.42. The Morgan fingerprint density at radius 1 is 1.03 bits per heavy atom. The van der Waals surface area contributed by atoms with E-state index in [1.54, 1.807) is 12.1 Å². The molecule has 4 rings (SSSR count). The van der Waals surface area contributed by atoms with E-state index >= 15 is 0 Å². The van der Waals surface area contributed by atoms with E-state index in [1.807, 2.05) is 31.2 Å². The van der Waals surface area contributed by atoms with Gasteiger partial charge in [0.1, 0.15) is 11.6 Å². The number of para-hydroxylation sites is 1. The highest BCUT2D eigenvalue weighted by Crippen LogP contribution is 2.34. The number of alkyl halides is 3. The van der Waals surface area contributed by atoms with E-state index in [9.17, 15) is 22.8 Å². The van der Waals surface area contributed by atoms with Crippen LogP contribution in [0.1, 0.15) is 11.1 Å². The minimum Gasteiger partial charge on any atom is -0.324 e. The second-order valence-corrected chi connectivity index (χ2v) is 7.98. The van der Waals surface area contributed by atoms with Crippen molar-refractivity contribution in [2.75, 3.05) is 5.32 Å². The number of fused-ring (bicyclic) bond motifs is 1. The smallest absolute Gasteiger partial charge is 0.324 e. The first-order valence-corrected chi connectivity index (χ1v) is 10.2. The SMILES string of the molecule is Cc1ccc(Sc2ccc3nn(CC(=O)Nc4ccccc4C(F)(F)F)c(=O)n3n2)cc1. The molecule has 0 aliphatic heterocycles. The first-order valence-electron chi connectivity index (χ1n) is 9.38. The third kappa shape index (κ3) is 4.67. The number of hydrogen-bond donors (Lipinski definition) is 1. The maximum absolute atomic E-state index is 13.1. The molecule has 0 fully saturated rings. The summed E-state index contributed by atoms with van der Waals surface area (Å²) in [5.74, 6) is -0.818. The number of carbonyl (C=O) groups is 1. The zero-order valence-electron chi connectivity index (χ0n) is 16.6. The monoisotopic (exact) mass is 459 g/mol. The van der Waals surface area contributed by atoms with E-state index in [4.69, 9.17) is 0 Å². The summed E-state index contributed by atoms with van der Waals surface area (Å²) in [4.78, 5) is 25.9. The minimum atomic E-state index is -4.63. The number of aryl methyl sites for hydroxylation is 1. The van der Waals surface area contributed by atoms with Crippen LogP contribution in [-0.2, 0) is 17.5 Å². The van der Waals surface area contributed by atoms with Gasteiger partial charge in [-0.1, -0.05) is 41.6 Å². The molecule has 0 radical (unpaired) electrons. The Kier molecular flexibility index (Phi) is 5.74. The van der Waals surface area contributed by atoms with Crippen LogP contribution in [-0.4, -0.2) is 25.3 Å². The van der Waals surface area contributed by atoms with Gasteiger partial charge in [0.15, 0.2) is 5.65 Å². The lowest BCUT2D eigenvalue weighted by molar-refractivity contribution is -0.137. The molecular formula is C21H16F3N5O2S. The van der Waals surface area contributed by atoms with Gasteiger partial charge in [-0.3, -0.25) is 4.79 Å². The number of aromatic nitrogens is 4. The van der Waals surface area contributed by atoms with Crippen molar-refractivity contribution in [3.05, 3.63) is 82.3 Å². The summed E-state index contributed by atoms with van der Waals surface area (Å²) in [7, 11) is 0. The normalized spacial score (nSPS) is 11.6. The molecule has 1 N–H and O–H groups in total. The highest BCUT2D eigenvalue weighted by molar-refractivity contribution is 7.99. The lowest BCUT2D eigenvalue weighted by Crippen LogP contribution is -2.29. The van der Waals surface area contributed by atoms with Gasteiger partial charge in [0.05, 0.1) is 11.3 Å². The second-order valence-electron chi connectivity index (χ2n) is 6.89. The van der Waals surface area contributed by atoms with E-state index < -0.39 is 35.6 Å². The second kappa shape index (κ2) is 8.50. The van der Waals surface area contributed by atoms with Crippen LogP contribution in [0.5, 0.6) is 0 Å². The topological polar surface area (TPSA) is 81.3 Å². The summed E-state index contributed by atoms with van der Waals surface area (Å²) in [5, 5.41) is 11.0. The Morgan fingerprint density at radius 3 is 2.47 bits per heavy atom. The van der Waals surface area contributed by atoms with Crippen molar-refractivity contribution in [1.29, 1.82) is 0 Å². The molecule has 0 atom stereocenters. The van der Waals surface area contributed by atoms with Crippen molar-refractivity contribution in [2.45, 2.75) is 29.6 Å². The molecule has 2 heterocycles. The van der Waals surface area contributed by atoms with E-state index in [1.165, 1.54) is 23.9 Å². The first kappa shape index (κ1) is 21.6. The highest BCUT2D eigenvalue weighted by atomic mass is 32.2. The molecule has 0 unspecified atom stereocenters. The van der Waals surface area contributed by atoms with E-state index in [0.29, 0.717) is 5.03 Å². The Bertz CT molecular complexity index is 1350. The molecule has 0 aliphatic rings. The number of nitrogens with zero attached hydrogens (tertiary/aromatic N) is 4. The zero-order valence-corrected chi connectivity index (χ0v) is 17.4. The Hall–Kier alpha value is -3.60. The number of halogens is 3. The molecule has 11 heteroatoms. The standard InChI is InChI=1S/C21H16F3N5O2S/c1-13-6-8-14(9-7-13)32-19-11-10-17-26-28(20(31)29(17)27-19)12-18(30)25-16-5-3-2-4-15(16)21(22,23)24/h2-11H,12H2,1H3,(H,25,30). The summed E-state index contributed by atoms with van der Waals surface area (Å²) in [5.41, 5.74) is -0.712. The maximum Gasteiger partial charge on any atom is 0.418 e. The summed E-state index contributed by atoms with van der Waals surface area (Å²) in [6.07, 6.45) is -4.63. The number of carbonyl (C=O) groups excluding carboxylic acids is 1. The van der Waals surface area contributed by atoms with Gasteiger partial charge >= 0.3 is 11.9 Å². The van der Waals surface area contributed by atoms with Crippen molar-refractivity contribution in [1.82, 2.24) is 19.4 Å². The third-order valence-electron chi connectivity index (χ3n) is 4.46. The molecule has 0 aliphatic carbocycles. The van der Waals surface area contributed by atoms with Crippen molar-refractivity contribution < 1.29 is 18.0 Å². The quantitative estimate of drug-likeness (QED) is 0.488. The predicted molar refractivity (Wildman–Crippen MR) is 113 cm³/mol. The summed E-state index contributed by atoms with van der Waals surface area (Å²) in [6, 6.07) is 15.7. The van der Waals surface area contributed by atoms with Crippen LogP contribution >= 0.6 is 11.8 Å². The van der Waals surface area contributed by atoms with Gasteiger partial charge in [0, 0.05) is 4.90 Å². The largest absolute Gasteiger partial charge is 0.418 e. The molecule has 0 saturated heterocycles. The average Bonchev–Trinajstić information content (AvgIpc) is 3.04. The number of hydrogen-bond acceptors (Lipinski definition) is 5. The lowest BCUT2D eigenvalue weighted by Gasteiger charge is -2.13. The van der Waals surface area contributed by atoms with E-state index in [2.05, 4.69) is 15.5 Å². The van der Waals surface area contributed by atoms with E-state index in [0.717, 1.165) is 31.8 Å². The van der Waals surface area contributed by atoms with Gasteiger partial charge in [-0.15, -0.1) is 5.10 Å². The molecular weight excluding hydrogens is 443 g/mol. The van der Waals surface area contributed by atoms with Crippen LogP contribution < -0.4 is 11.0 Å². The van der Waals surface area contributed by atoms with Crippen molar-refractivity contribution in [2.24, 2.45) is 0 Å². The van der Waals surface area contributed by atoms with Gasteiger partial charge in [-0.05, 0) is 43.3 Å². The molecule has 164 valence electrons. The van der Waals surface area contributed by atoms with Crippen LogP contribution in [0.3, 0.4) is 0 Å². The predicted octanol–water partition coefficient (Wildman–Crippen LogP) is 4.01. The van der Waals surface area contributed by atoms with Crippen LogP contribution in [0, 0.1) is 6.92 Å². The van der Waals surface area contributed by atoms with Gasteiger partial charge in [-0.25, -0.2) is 9.48 Å². The molecule has 0 spiro atoms. The van der Waals surface area contributed by atoms with Crippen LogP contribution in [0.4, 0.5) is 18.9 Å². The summed E-state index contributed by atoms with van der Waals surface area (Å²) >= 11 is 1.35. The molecule has 7 nitrogen and oxygen atoms in total. The van der Waals surface area contributed by atoms with Gasteiger partial charge in [0.2, 0.25) is 5.91 Å². The van der Waals surface area contributed by atoms with Crippen LogP contribution in [0.25, 0.3) is 5.65 Å². The van der Waals surface area contributed by atoms with Gasteiger partial charge in [-0.2, -0.15) is 22.8 Å². The minimum absolute atomic E-state index is 0.215.